The van der Waals surface area contributed by atoms with E-state index in [4.69, 9.17) is 23.2 Å². The zero-order valence-electron chi connectivity index (χ0n) is 6.81. The molecular formula is C9H8Cl2NO. The molecule has 69 valence electrons. The maximum Gasteiger partial charge on any atom is 0.239 e. The molecule has 0 spiro atoms. The molecule has 1 aromatic carbocycles. The lowest BCUT2D eigenvalue weighted by Crippen LogP contribution is -2.13. The molecule has 1 amide bonds. The summed E-state index contributed by atoms with van der Waals surface area (Å²) in [5, 5.41) is 3.14. The highest BCUT2D eigenvalue weighted by Crippen LogP contribution is 2.19. The van der Waals surface area contributed by atoms with Crippen molar-refractivity contribution in [2.24, 2.45) is 0 Å². The topological polar surface area (TPSA) is 29.1 Å². The Kier molecular flexibility index (Phi) is 3.58. The number of halogens is 2. The molecule has 4 heteroatoms. The molecule has 1 radical (unpaired) electrons. The third-order valence-corrected chi connectivity index (χ3v) is 1.95. The van der Waals surface area contributed by atoms with Gasteiger partial charge in [-0.3, -0.25) is 4.79 Å². The van der Waals surface area contributed by atoms with E-state index in [1.807, 2.05) is 0 Å². The second-order valence-electron chi connectivity index (χ2n) is 2.48. The first-order valence-corrected chi connectivity index (χ1v) is 4.52. The van der Waals surface area contributed by atoms with Gasteiger partial charge in [0.1, 0.15) is 5.88 Å². The minimum atomic E-state index is -0.270. The van der Waals surface area contributed by atoms with Crippen molar-refractivity contribution >= 4 is 34.8 Å². The van der Waals surface area contributed by atoms with Crippen LogP contribution in [0.1, 0.15) is 5.56 Å². The summed E-state index contributed by atoms with van der Waals surface area (Å²) in [6.45, 7) is 3.73. The van der Waals surface area contributed by atoms with Gasteiger partial charge >= 0.3 is 0 Å². The molecule has 0 unspecified atom stereocenters. The van der Waals surface area contributed by atoms with E-state index in [1.54, 1.807) is 18.2 Å². The number of benzene rings is 1. The third kappa shape index (κ3) is 2.90. The second-order valence-corrected chi connectivity index (χ2v) is 3.19. The third-order valence-electron chi connectivity index (χ3n) is 1.47. The molecule has 0 fully saturated rings. The van der Waals surface area contributed by atoms with Gasteiger partial charge in [0.15, 0.2) is 0 Å². The van der Waals surface area contributed by atoms with Gasteiger partial charge in [0, 0.05) is 10.7 Å². The smallest absolute Gasteiger partial charge is 0.239 e. The Balaban J connectivity index is 2.87. The minimum Gasteiger partial charge on any atom is -0.325 e. The maximum atomic E-state index is 10.9. The van der Waals surface area contributed by atoms with Crippen molar-refractivity contribution in [2.75, 3.05) is 11.2 Å². The Bertz CT molecular complexity index is 325. The molecular weight excluding hydrogens is 209 g/mol. The Hall–Kier alpha value is -0.730. The van der Waals surface area contributed by atoms with Crippen molar-refractivity contribution in [3.63, 3.8) is 0 Å². The van der Waals surface area contributed by atoms with Crippen LogP contribution in [0.4, 0.5) is 5.69 Å². The predicted molar refractivity (Wildman–Crippen MR) is 55.3 cm³/mol. The molecule has 0 bridgehead atoms. The van der Waals surface area contributed by atoms with E-state index in [0.717, 1.165) is 0 Å². The molecule has 1 rings (SSSR count). The molecule has 0 aliphatic heterocycles. The SMILES string of the molecule is [CH2]c1ccc(Cl)cc1NC(=O)CCl. The van der Waals surface area contributed by atoms with Crippen LogP contribution in [0.5, 0.6) is 0 Å². The van der Waals surface area contributed by atoms with Crippen LogP contribution >= 0.6 is 23.2 Å². The second kappa shape index (κ2) is 4.49. The molecule has 1 aromatic rings. The molecule has 13 heavy (non-hydrogen) atoms. The fourth-order valence-electron chi connectivity index (χ4n) is 0.849. The van der Waals surface area contributed by atoms with Crippen molar-refractivity contribution in [3.8, 4) is 0 Å². The lowest BCUT2D eigenvalue weighted by Gasteiger charge is -2.06. The summed E-state index contributed by atoms with van der Waals surface area (Å²) in [6, 6.07) is 5.07. The zero-order chi connectivity index (χ0) is 9.84. The van der Waals surface area contributed by atoms with E-state index in [2.05, 4.69) is 12.2 Å². The van der Waals surface area contributed by atoms with Crippen LogP contribution in [0.25, 0.3) is 0 Å². The Morgan fingerprint density at radius 1 is 1.54 bits per heavy atom. The fraction of sp³-hybridized carbons (Fsp3) is 0.111. The molecule has 0 atom stereocenters. The van der Waals surface area contributed by atoms with Gasteiger partial charge in [0.2, 0.25) is 5.91 Å². The van der Waals surface area contributed by atoms with Crippen LogP contribution in [-0.4, -0.2) is 11.8 Å². The van der Waals surface area contributed by atoms with Gasteiger partial charge in [-0.2, -0.15) is 0 Å². The standard InChI is InChI=1S/C9H8Cl2NO/c1-6-2-3-7(11)4-8(6)12-9(13)5-10/h2-4H,1,5H2,(H,12,13). The van der Waals surface area contributed by atoms with Crippen molar-refractivity contribution in [1.82, 2.24) is 0 Å². The summed E-state index contributed by atoms with van der Waals surface area (Å²) in [7, 11) is 0. The number of amides is 1. The number of carbonyl (C=O) groups excluding carboxylic acids is 1. The van der Waals surface area contributed by atoms with E-state index in [1.165, 1.54) is 0 Å². The van der Waals surface area contributed by atoms with Gasteiger partial charge in [0.25, 0.3) is 0 Å². The van der Waals surface area contributed by atoms with Crippen molar-refractivity contribution in [3.05, 3.63) is 35.7 Å². The molecule has 0 aromatic heterocycles. The Morgan fingerprint density at radius 2 is 2.23 bits per heavy atom. The van der Waals surface area contributed by atoms with Gasteiger partial charge in [0.05, 0.1) is 0 Å². The summed E-state index contributed by atoms with van der Waals surface area (Å²) in [5.74, 6) is -0.347. The first-order valence-electron chi connectivity index (χ1n) is 3.61. The largest absolute Gasteiger partial charge is 0.325 e. The Morgan fingerprint density at radius 3 is 2.85 bits per heavy atom. The van der Waals surface area contributed by atoms with E-state index < -0.39 is 0 Å². The van der Waals surface area contributed by atoms with E-state index in [-0.39, 0.29) is 11.8 Å². The minimum absolute atomic E-state index is 0.0774. The van der Waals surface area contributed by atoms with Crippen LogP contribution < -0.4 is 5.32 Å². The number of nitrogens with one attached hydrogen (secondary N) is 1. The number of anilines is 1. The molecule has 1 N–H and O–H groups in total. The van der Waals surface area contributed by atoms with E-state index >= 15 is 0 Å². The van der Waals surface area contributed by atoms with Crippen molar-refractivity contribution in [2.45, 2.75) is 0 Å². The lowest BCUT2D eigenvalue weighted by atomic mass is 10.2. The predicted octanol–water partition coefficient (Wildman–Crippen LogP) is 2.70. The number of carbonyl (C=O) groups is 1. The summed E-state index contributed by atoms with van der Waals surface area (Å²) >= 11 is 11.1. The number of alkyl halides is 1. The number of hydrogen-bond donors (Lipinski definition) is 1. The molecule has 0 aliphatic carbocycles. The number of rotatable bonds is 2. The lowest BCUT2D eigenvalue weighted by molar-refractivity contribution is -0.113. The first-order chi connectivity index (χ1) is 6.13. The number of hydrogen-bond acceptors (Lipinski definition) is 1. The maximum absolute atomic E-state index is 10.9. The highest BCUT2D eigenvalue weighted by Gasteiger charge is 2.03. The fourth-order valence-corrected chi connectivity index (χ4v) is 1.09. The summed E-state index contributed by atoms with van der Waals surface area (Å²) in [5.41, 5.74) is 1.31. The van der Waals surface area contributed by atoms with Gasteiger partial charge in [-0.25, -0.2) is 0 Å². The van der Waals surface area contributed by atoms with Crippen LogP contribution in [0.15, 0.2) is 18.2 Å². The van der Waals surface area contributed by atoms with Gasteiger partial charge < -0.3 is 5.32 Å². The molecule has 0 heterocycles. The monoisotopic (exact) mass is 216 g/mol. The van der Waals surface area contributed by atoms with Gasteiger partial charge in [-0.05, 0) is 24.6 Å². The highest BCUT2D eigenvalue weighted by molar-refractivity contribution is 6.31. The normalized spacial score (nSPS) is 9.77. The summed E-state index contributed by atoms with van der Waals surface area (Å²) in [6.07, 6.45) is 0. The highest BCUT2D eigenvalue weighted by atomic mass is 35.5. The summed E-state index contributed by atoms with van der Waals surface area (Å²) in [4.78, 5) is 10.9. The van der Waals surface area contributed by atoms with Gasteiger partial charge in [-0.15, -0.1) is 11.6 Å². The van der Waals surface area contributed by atoms with Crippen molar-refractivity contribution in [1.29, 1.82) is 0 Å². The Labute approximate surface area is 86.8 Å². The zero-order valence-corrected chi connectivity index (χ0v) is 8.32. The van der Waals surface area contributed by atoms with E-state index in [0.29, 0.717) is 16.3 Å². The van der Waals surface area contributed by atoms with Crippen LogP contribution in [0.2, 0.25) is 5.02 Å². The molecule has 2 nitrogen and oxygen atoms in total. The quantitative estimate of drug-likeness (QED) is 0.758. The summed E-state index contributed by atoms with van der Waals surface area (Å²) < 4.78 is 0. The molecule has 0 aliphatic rings. The van der Waals surface area contributed by atoms with Gasteiger partial charge in [-0.1, -0.05) is 17.7 Å². The van der Waals surface area contributed by atoms with Crippen LogP contribution in [-0.2, 0) is 4.79 Å². The average Bonchev–Trinajstić information content (AvgIpc) is 2.11. The van der Waals surface area contributed by atoms with Crippen molar-refractivity contribution < 1.29 is 4.79 Å². The van der Waals surface area contributed by atoms with E-state index in [9.17, 15) is 4.79 Å². The van der Waals surface area contributed by atoms with Crippen LogP contribution in [0, 0.1) is 6.92 Å². The first kappa shape index (κ1) is 10.4. The molecule has 0 saturated heterocycles. The average molecular weight is 217 g/mol. The van der Waals surface area contributed by atoms with Crippen LogP contribution in [0.3, 0.4) is 0 Å². The molecule has 0 saturated carbocycles.